The van der Waals surface area contributed by atoms with Gasteiger partial charge >= 0.3 is 12.1 Å². The first kappa shape index (κ1) is 40.1. The number of fused-ring (bicyclic) bond motifs is 3. The molecular weight excluding hydrogens is 770 g/mol. The van der Waals surface area contributed by atoms with Crippen LogP contribution in [0.3, 0.4) is 0 Å². The Bertz CT molecular complexity index is 2540. The van der Waals surface area contributed by atoms with Gasteiger partial charge in [-0.15, -0.1) is 11.3 Å². The molecular formula is C47H42NO8PS. The topological polar surface area (TPSA) is 119 Å². The van der Waals surface area contributed by atoms with Crippen molar-refractivity contribution in [3.8, 4) is 0 Å². The van der Waals surface area contributed by atoms with Gasteiger partial charge in [-0.1, -0.05) is 122 Å². The molecule has 0 saturated carbocycles. The zero-order chi connectivity index (χ0) is 40.8. The summed E-state index contributed by atoms with van der Waals surface area (Å²) in [6.07, 6.45) is 0.925. The molecule has 1 amide bonds. The molecule has 3 atom stereocenters. The molecule has 1 aliphatic rings. The molecule has 58 heavy (non-hydrogen) atoms. The SMILES string of the molecule is C=CCOC(=O)O[C@H](C)[C@H]1C(=O)N(C=P(c2ccccc2)(c2ccccc2)c2ccccc2C(=O)OCC=C)[C@@H]1CC(=O)c1cccc2c1sc1ccc(CO)cc12. The number of carbonyl (C=O) groups is 4. The number of thiophene rings is 1. The number of esters is 1. The number of hydrogen-bond acceptors (Lipinski definition) is 9. The van der Waals surface area contributed by atoms with E-state index in [1.54, 1.807) is 30.0 Å². The zero-order valence-corrected chi connectivity index (χ0v) is 33.6. The summed E-state index contributed by atoms with van der Waals surface area (Å²) in [5.74, 6) is -0.0680. The van der Waals surface area contributed by atoms with Gasteiger partial charge in [-0.25, -0.2) is 9.59 Å². The van der Waals surface area contributed by atoms with Gasteiger partial charge in [0.25, 0.3) is 0 Å². The molecule has 5 aromatic carbocycles. The van der Waals surface area contributed by atoms with Crippen LogP contribution in [-0.2, 0) is 25.6 Å². The van der Waals surface area contributed by atoms with E-state index in [4.69, 9.17) is 14.2 Å². The Morgan fingerprint density at radius 3 is 2.12 bits per heavy atom. The second-order valence-corrected chi connectivity index (χ2v) is 18.1. The second-order valence-electron chi connectivity index (χ2n) is 13.8. The Morgan fingerprint density at radius 2 is 1.45 bits per heavy atom. The lowest BCUT2D eigenvalue weighted by molar-refractivity contribution is -0.154. The lowest BCUT2D eigenvalue weighted by Gasteiger charge is -2.48. The molecule has 1 saturated heterocycles. The highest BCUT2D eigenvalue weighted by atomic mass is 32.1. The molecule has 0 radical (unpaired) electrons. The number of rotatable bonds is 15. The minimum atomic E-state index is -3.07. The van der Waals surface area contributed by atoms with Gasteiger partial charge in [0.05, 0.1) is 24.1 Å². The highest BCUT2D eigenvalue weighted by Crippen LogP contribution is 2.48. The molecule has 2 heterocycles. The highest BCUT2D eigenvalue weighted by molar-refractivity contribution is 7.94. The quantitative estimate of drug-likeness (QED) is 0.0368. The van der Waals surface area contributed by atoms with Crippen molar-refractivity contribution in [2.75, 3.05) is 13.2 Å². The fraction of sp³-hybridized carbons (Fsp3) is 0.170. The third kappa shape index (κ3) is 7.66. The fourth-order valence-corrected chi connectivity index (χ4v) is 12.9. The molecule has 0 spiro atoms. The largest absolute Gasteiger partial charge is 0.508 e. The molecule has 9 nitrogen and oxygen atoms in total. The first-order valence-electron chi connectivity index (χ1n) is 18.8. The van der Waals surface area contributed by atoms with Crippen LogP contribution in [0.25, 0.3) is 20.2 Å². The van der Waals surface area contributed by atoms with Crippen LogP contribution in [0.1, 0.15) is 39.6 Å². The molecule has 0 aliphatic carbocycles. The first-order valence-corrected chi connectivity index (χ1v) is 21.5. The van der Waals surface area contributed by atoms with Gasteiger partial charge < -0.3 is 24.2 Å². The molecule has 1 aromatic heterocycles. The van der Waals surface area contributed by atoms with Gasteiger partial charge in [0.2, 0.25) is 5.91 Å². The Labute approximate surface area is 340 Å². The standard InChI is InChI=1S/C47H42NO8PS/c1-4-25-54-46(52)37-19-12-13-22-41(37)57(33-15-8-6-9-16-33,34-17-10-7-11-18-34)30-48-39(43(45(48)51)31(3)56-47(53)55-26-5-2)28-40(50)36-21-14-20-35-38-27-32(29-49)23-24-42(38)58-44(35)36/h4-24,27,30-31,39,43,49H,1-2,25-26,28-29H2,3H3/t31-,39-,43-/m1/s1. The fourth-order valence-electron chi connectivity index (χ4n) is 7.62. The van der Waals surface area contributed by atoms with Crippen molar-refractivity contribution in [2.24, 2.45) is 5.92 Å². The lowest BCUT2D eigenvalue weighted by Crippen LogP contribution is -2.65. The van der Waals surface area contributed by atoms with Gasteiger partial charge in [0, 0.05) is 38.1 Å². The Kier molecular flexibility index (Phi) is 12.2. The predicted molar refractivity (Wildman–Crippen MR) is 232 cm³/mol. The van der Waals surface area contributed by atoms with Crippen molar-refractivity contribution < 1.29 is 38.5 Å². The van der Waals surface area contributed by atoms with E-state index < -0.39 is 37.1 Å². The van der Waals surface area contributed by atoms with Crippen molar-refractivity contribution >= 4 is 84.0 Å². The summed E-state index contributed by atoms with van der Waals surface area (Å²) in [5, 5.41) is 14.0. The van der Waals surface area contributed by atoms with Crippen LogP contribution in [0.15, 0.2) is 147 Å². The van der Waals surface area contributed by atoms with Crippen molar-refractivity contribution in [1.29, 1.82) is 0 Å². The van der Waals surface area contributed by atoms with Crippen LogP contribution in [0, 0.1) is 5.92 Å². The average Bonchev–Trinajstić information content (AvgIpc) is 3.64. The number of amides is 1. The summed E-state index contributed by atoms with van der Waals surface area (Å²) in [6.45, 7) is 5.67. The number of ketones is 1. The molecule has 11 heteroatoms. The summed E-state index contributed by atoms with van der Waals surface area (Å²) in [7, 11) is 0. The molecule has 6 aromatic rings. The zero-order valence-electron chi connectivity index (χ0n) is 31.9. The summed E-state index contributed by atoms with van der Waals surface area (Å²) >= 11 is 1.50. The molecule has 294 valence electrons. The molecule has 1 N–H and O–H groups in total. The minimum Gasteiger partial charge on any atom is -0.458 e. The van der Waals surface area contributed by atoms with Gasteiger partial charge in [-0.05, 0) is 59.6 Å². The molecule has 0 bridgehead atoms. The number of β-lactam (4-membered cyclic amide) rings is 1. The maximum Gasteiger partial charge on any atom is 0.508 e. The molecule has 1 aliphatic heterocycles. The van der Waals surface area contributed by atoms with E-state index in [1.807, 2.05) is 109 Å². The third-order valence-corrected chi connectivity index (χ3v) is 15.5. The molecule has 1 fully saturated rings. The Balaban J connectivity index is 1.41. The van der Waals surface area contributed by atoms with Gasteiger partial charge in [0.15, 0.2) is 5.78 Å². The number of aliphatic hydroxyl groups is 1. The first-order chi connectivity index (χ1) is 28.2. The van der Waals surface area contributed by atoms with Crippen LogP contribution in [0.2, 0.25) is 0 Å². The average molecular weight is 812 g/mol. The Morgan fingerprint density at radius 1 is 0.810 bits per heavy atom. The predicted octanol–water partition coefficient (Wildman–Crippen LogP) is 7.77. The number of nitrogens with zero attached hydrogens (tertiary/aromatic N) is 1. The van der Waals surface area contributed by atoms with Gasteiger partial charge in [-0.3, -0.25) is 9.59 Å². The van der Waals surface area contributed by atoms with Gasteiger partial charge in [-0.2, -0.15) is 0 Å². The van der Waals surface area contributed by atoms with E-state index in [-0.39, 0.29) is 37.9 Å². The summed E-state index contributed by atoms with van der Waals surface area (Å²) < 4.78 is 18.1. The smallest absolute Gasteiger partial charge is 0.458 e. The van der Waals surface area contributed by atoms with Crippen LogP contribution in [0.5, 0.6) is 0 Å². The Hall–Kier alpha value is -6.06. The normalized spacial score (nSPS) is 15.6. The highest BCUT2D eigenvalue weighted by Gasteiger charge is 2.52. The van der Waals surface area contributed by atoms with Crippen LogP contribution in [0.4, 0.5) is 4.79 Å². The molecule has 7 rings (SSSR count). The third-order valence-electron chi connectivity index (χ3n) is 10.3. The monoisotopic (exact) mass is 811 g/mol. The van der Waals surface area contributed by atoms with E-state index >= 15 is 0 Å². The van der Waals surface area contributed by atoms with E-state index in [2.05, 4.69) is 13.2 Å². The maximum absolute atomic E-state index is 14.7. The molecule has 0 unspecified atom stereocenters. The van der Waals surface area contributed by atoms with Crippen molar-refractivity contribution in [2.45, 2.75) is 32.1 Å². The number of carbonyl (C=O) groups excluding carboxylic acids is 4. The maximum atomic E-state index is 14.7. The van der Waals surface area contributed by atoms with E-state index in [0.717, 1.165) is 36.3 Å². The van der Waals surface area contributed by atoms with E-state index in [9.17, 15) is 24.3 Å². The van der Waals surface area contributed by atoms with Crippen LogP contribution in [-0.4, -0.2) is 65.1 Å². The number of Topliss-reactive ketones (excluding diaryl/α,β-unsaturated/α-hetero) is 1. The van der Waals surface area contributed by atoms with E-state index in [1.165, 1.54) is 23.5 Å². The van der Waals surface area contributed by atoms with Gasteiger partial charge in [0.1, 0.15) is 19.3 Å². The van der Waals surface area contributed by atoms with Crippen molar-refractivity contribution in [3.63, 3.8) is 0 Å². The van der Waals surface area contributed by atoms with Crippen molar-refractivity contribution in [1.82, 2.24) is 4.90 Å². The number of likely N-dealkylation sites (tertiary alicyclic amines) is 1. The lowest BCUT2D eigenvalue weighted by atomic mass is 9.80. The number of ether oxygens (including phenoxy) is 3. The second kappa shape index (κ2) is 17.6. The summed E-state index contributed by atoms with van der Waals surface area (Å²) in [5.41, 5.74) is 1.61. The summed E-state index contributed by atoms with van der Waals surface area (Å²) in [4.78, 5) is 57.4. The summed E-state index contributed by atoms with van der Waals surface area (Å²) in [6, 6.07) is 37.2. The van der Waals surface area contributed by atoms with Crippen LogP contribution < -0.4 is 15.9 Å². The van der Waals surface area contributed by atoms with Crippen molar-refractivity contribution in [3.05, 3.63) is 163 Å². The number of aliphatic hydroxyl groups excluding tert-OH is 1. The number of benzene rings is 5. The van der Waals surface area contributed by atoms with Crippen LogP contribution >= 0.6 is 18.2 Å². The minimum absolute atomic E-state index is 0.0117. The number of hydrogen-bond donors (Lipinski definition) is 1. The van der Waals surface area contributed by atoms with E-state index in [0.29, 0.717) is 16.4 Å².